The van der Waals surface area contributed by atoms with Gasteiger partial charge in [-0.2, -0.15) is 0 Å². The fraction of sp³-hybridized carbons (Fsp3) is 0.643. The topological polar surface area (TPSA) is 120 Å². The Labute approximate surface area is 225 Å². The van der Waals surface area contributed by atoms with Crippen molar-refractivity contribution in [2.24, 2.45) is 5.92 Å². The standard InChI is InChI=1S/C28H43N5O5/c1-20(2)25-28(37)32(3)17-18-38-23-12-7-6-11-21(23)26(35)30-22(19-24(34)31-25)27(36)29-13-10-16-33-14-8-4-5-9-15-33/h6-7,11-12,20,22,25H,4-5,8-10,13-19H2,1-3H3,(H,29,36)(H,30,35)(H,31,34)/t22-,25-/m0/s1. The van der Waals surface area contributed by atoms with Gasteiger partial charge in [0.05, 0.1) is 18.5 Å². The van der Waals surface area contributed by atoms with E-state index in [0.29, 0.717) is 12.3 Å². The van der Waals surface area contributed by atoms with Crippen LogP contribution < -0.4 is 20.7 Å². The van der Waals surface area contributed by atoms with E-state index in [4.69, 9.17) is 4.74 Å². The average Bonchev–Trinajstić information content (AvgIpc) is 3.17. The lowest BCUT2D eigenvalue weighted by Gasteiger charge is -2.28. The summed E-state index contributed by atoms with van der Waals surface area (Å²) in [6.45, 7) is 7.67. The van der Waals surface area contributed by atoms with Crippen molar-refractivity contribution in [2.75, 3.05) is 46.4 Å². The third-order valence-corrected chi connectivity index (χ3v) is 7.10. The van der Waals surface area contributed by atoms with Crippen LogP contribution in [-0.4, -0.2) is 91.9 Å². The first-order chi connectivity index (χ1) is 18.3. The second-order valence-electron chi connectivity index (χ2n) is 10.5. The highest BCUT2D eigenvalue weighted by Gasteiger charge is 2.31. The molecule has 0 aliphatic carbocycles. The van der Waals surface area contributed by atoms with Gasteiger partial charge in [-0.05, 0) is 56.9 Å². The number of likely N-dealkylation sites (tertiary alicyclic amines) is 1. The number of likely N-dealkylation sites (N-methyl/N-ethyl adjacent to an activating group) is 1. The number of benzene rings is 1. The molecule has 210 valence electrons. The average molecular weight is 530 g/mol. The van der Waals surface area contributed by atoms with Gasteiger partial charge in [0, 0.05) is 13.6 Å². The van der Waals surface area contributed by atoms with Crippen molar-refractivity contribution in [3.8, 4) is 5.75 Å². The fourth-order valence-electron chi connectivity index (χ4n) is 4.79. The van der Waals surface area contributed by atoms with Crippen molar-refractivity contribution in [2.45, 2.75) is 64.5 Å². The minimum absolute atomic E-state index is 0.163. The van der Waals surface area contributed by atoms with E-state index in [1.54, 1.807) is 31.3 Å². The van der Waals surface area contributed by atoms with Crippen molar-refractivity contribution in [3.63, 3.8) is 0 Å². The van der Waals surface area contributed by atoms with E-state index in [2.05, 4.69) is 20.9 Å². The highest BCUT2D eigenvalue weighted by Crippen LogP contribution is 2.19. The van der Waals surface area contributed by atoms with E-state index in [0.717, 1.165) is 26.1 Å². The summed E-state index contributed by atoms with van der Waals surface area (Å²) in [7, 11) is 1.65. The van der Waals surface area contributed by atoms with Crippen LogP contribution in [0, 0.1) is 5.92 Å². The summed E-state index contributed by atoms with van der Waals surface area (Å²) in [5.74, 6) is -1.45. The van der Waals surface area contributed by atoms with Crippen LogP contribution in [0.5, 0.6) is 5.75 Å². The molecule has 2 aliphatic heterocycles. The number of hydrogen-bond donors (Lipinski definition) is 3. The molecule has 10 heteroatoms. The molecule has 2 heterocycles. The summed E-state index contributed by atoms with van der Waals surface area (Å²) < 4.78 is 5.83. The molecule has 2 aliphatic rings. The van der Waals surface area contributed by atoms with Crippen LogP contribution in [0.15, 0.2) is 24.3 Å². The van der Waals surface area contributed by atoms with E-state index in [-0.39, 0.29) is 37.0 Å². The first kappa shape index (κ1) is 29.4. The fourth-order valence-corrected chi connectivity index (χ4v) is 4.79. The molecule has 0 radical (unpaired) electrons. The van der Waals surface area contributed by atoms with Crippen molar-refractivity contribution in [1.82, 2.24) is 25.8 Å². The van der Waals surface area contributed by atoms with Crippen molar-refractivity contribution in [3.05, 3.63) is 29.8 Å². The largest absolute Gasteiger partial charge is 0.491 e. The number of rotatable bonds is 6. The molecule has 38 heavy (non-hydrogen) atoms. The summed E-state index contributed by atoms with van der Waals surface area (Å²) in [5, 5.41) is 8.39. The summed E-state index contributed by atoms with van der Waals surface area (Å²) in [5.41, 5.74) is 0.262. The number of ether oxygens (including phenoxy) is 1. The zero-order valence-electron chi connectivity index (χ0n) is 23.0. The Hall–Kier alpha value is -3.14. The van der Waals surface area contributed by atoms with Crippen LogP contribution in [0.1, 0.15) is 62.7 Å². The number of fused-ring (bicyclic) bond motifs is 1. The highest BCUT2D eigenvalue weighted by atomic mass is 16.5. The quantitative estimate of drug-likeness (QED) is 0.481. The molecule has 1 aromatic rings. The Morgan fingerprint density at radius 3 is 2.47 bits per heavy atom. The van der Waals surface area contributed by atoms with E-state index in [1.807, 2.05) is 13.8 Å². The molecule has 10 nitrogen and oxygen atoms in total. The van der Waals surface area contributed by atoms with Gasteiger partial charge in [-0.3, -0.25) is 19.2 Å². The third-order valence-electron chi connectivity index (χ3n) is 7.10. The SMILES string of the molecule is CC(C)[C@@H]1NC(=O)C[C@@H](C(=O)NCCCN2CCCCCC2)NC(=O)c2ccccc2OCCN(C)C1=O. The summed E-state index contributed by atoms with van der Waals surface area (Å²) >= 11 is 0. The molecule has 0 saturated carbocycles. The van der Waals surface area contributed by atoms with Gasteiger partial charge in [0.1, 0.15) is 24.4 Å². The molecule has 3 rings (SSSR count). The molecular weight excluding hydrogens is 486 g/mol. The highest BCUT2D eigenvalue weighted by molar-refractivity contribution is 6.01. The minimum atomic E-state index is -1.10. The van der Waals surface area contributed by atoms with Crippen LogP contribution >= 0.6 is 0 Å². The maximum absolute atomic E-state index is 13.2. The van der Waals surface area contributed by atoms with Crippen LogP contribution in [0.25, 0.3) is 0 Å². The van der Waals surface area contributed by atoms with E-state index >= 15 is 0 Å². The lowest BCUT2D eigenvalue weighted by Crippen LogP contribution is -2.54. The van der Waals surface area contributed by atoms with E-state index in [1.165, 1.54) is 30.6 Å². The molecule has 1 fully saturated rings. The maximum atomic E-state index is 13.2. The first-order valence-corrected chi connectivity index (χ1v) is 13.8. The molecule has 4 amide bonds. The number of hydrogen-bond acceptors (Lipinski definition) is 6. The predicted molar refractivity (Wildman–Crippen MR) is 145 cm³/mol. The minimum Gasteiger partial charge on any atom is -0.491 e. The molecule has 0 aromatic heterocycles. The van der Waals surface area contributed by atoms with E-state index in [9.17, 15) is 19.2 Å². The van der Waals surface area contributed by atoms with Crippen LogP contribution in [0.2, 0.25) is 0 Å². The Balaban J connectivity index is 1.72. The number of carbonyl (C=O) groups is 4. The molecule has 1 saturated heterocycles. The Morgan fingerprint density at radius 2 is 1.76 bits per heavy atom. The van der Waals surface area contributed by atoms with E-state index < -0.39 is 29.8 Å². The van der Waals surface area contributed by atoms with Crippen LogP contribution in [0.3, 0.4) is 0 Å². The molecule has 2 atom stereocenters. The first-order valence-electron chi connectivity index (χ1n) is 13.8. The molecular formula is C28H43N5O5. The molecule has 0 spiro atoms. The molecule has 0 bridgehead atoms. The number of para-hydroxylation sites is 1. The van der Waals surface area contributed by atoms with Gasteiger partial charge in [-0.25, -0.2) is 0 Å². The predicted octanol–water partition coefficient (Wildman–Crippen LogP) is 1.55. The Kier molecular flexibility index (Phi) is 11.4. The molecule has 1 aromatic carbocycles. The summed E-state index contributed by atoms with van der Waals surface area (Å²) in [4.78, 5) is 56.3. The van der Waals surface area contributed by atoms with Crippen molar-refractivity contribution in [1.29, 1.82) is 0 Å². The van der Waals surface area contributed by atoms with Crippen LogP contribution in [-0.2, 0) is 14.4 Å². The monoisotopic (exact) mass is 529 g/mol. The molecule has 3 N–H and O–H groups in total. The zero-order valence-corrected chi connectivity index (χ0v) is 23.0. The smallest absolute Gasteiger partial charge is 0.255 e. The van der Waals surface area contributed by atoms with Gasteiger partial charge in [0.15, 0.2) is 0 Å². The van der Waals surface area contributed by atoms with Gasteiger partial charge in [0.25, 0.3) is 5.91 Å². The maximum Gasteiger partial charge on any atom is 0.255 e. The Bertz CT molecular complexity index is 961. The van der Waals surface area contributed by atoms with Crippen molar-refractivity contribution < 1.29 is 23.9 Å². The van der Waals surface area contributed by atoms with Gasteiger partial charge in [-0.1, -0.05) is 38.8 Å². The summed E-state index contributed by atoms with van der Waals surface area (Å²) in [6, 6.07) is 4.88. The number of nitrogens with zero attached hydrogens (tertiary/aromatic N) is 2. The second kappa shape index (κ2) is 14.7. The lowest BCUT2D eigenvalue weighted by molar-refractivity contribution is -0.137. The number of nitrogens with one attached hydrogen (secondary N) is 3. The zero-order chi connectivity index (χ0) is 27.5. The van der Waals surface area contributed by atoms with Gasteiger partial charge < -0.3 is 30.5 Å². The lowest BCUT2D eigenvalue weighted by atomic mass is 10.0. The van der Waals surface area contributed by atoms with Gasteiger partial charge in [0.2, 0.25) is 17.7 Å². The molecule has 0 unspecified atom stereocenters. The Morgan fingerprint density at radius 1 is 1.05 bits per heavy atom. The number of amides is 4. The third kappa shape index (κ3) is 8.72. The normalized spacial score (nSPS) is 22.4. The second-order valence-corrected chi connectivity index (χ2v) is 10.5. The number of carbonyl (C=O) groups excluding carboxylic acids is 4. The van der Waals surface area contributed by atoms with Gasteiger partial charge >= 0.3 is 0 Å². The van der Waals surface area contributed by atoms with Crippen LogP contribution in [0.4, 0.5) is 0 Å². The van der Waals surface area contributed by atoms with Gasteiger partial charge in [-0.15, -0.1) is 0 Å². The van der Waals surface area contributed by atoms with Crippen molar-refractivity contribution >= 4 is 23.6 Å². The summed E-state index contributed by atoms with van der Waals surface area (Å²) in [6.07, 6.45) is 5.44.